The summed E-state index contributed by atoms with van der Waals surface area (Å²) in [6, 6.07) is 11.3. The van der Waals surface area contributed by atoms with E-state index in [0.717, 1.165) is 27.8 Å². The SMILES string of the molecule is Cc1cc(-c2cccc(CO[C@H]3O[C@H](CO)[C@@H](O)[C@H](O)[C@@H]3O)c2)cc(C)c1OCC(=O)O. The summed E-state index contributed by atoms with van der Waals surface area (Å²) in [5.74, 6) is -0.502. The normalized spacial score (nSPS) is 25.5. The van der Waals surface area contributed by atoms with Crippen LogP contribution in [-0.4, -0.2) is 75.4 Å². The zero-order chi connectivity index (χ0) is 23.4. The zero-order valence-electron chi connectivity index (χ0n) is 17.8. The molecule has 0 aliphatic carbocycles. The van der Waals surface area contributed by atoms with Gasteiger partial charge in [0.25, 0.3) is 0 Å². The highest BCUT2D eigenvalue weighted by Crippen LogP contribution is 2.31. The minimum absolute atomic E-state index is 0.0638. The second kappa shape index (κ2) is 10.4. The van der Waals surface area contributed by atoms with Crippen LogP contribution >= 0.6 is 0 Å². The molecule has 3 rings (SSSR count). The number of aliphatic hydroxyl groups is 4. The summed E-state index contributed by atoms with van der Waals surface area (Å²) in [6.45, 7) is 2.82. The standard InChI is InChI=1S/C23H28O9/c1-12-6-16(7-13(2)22(12)30-11-18(25)26)15-5-3-4-14(8-15)10-31-23-21(29)20(28)19(27)17(9-24)32-23/h3-8,17,19-21,23-24,27-29H,9-11H2,1-2H3,(H,25,26)/t17-,19-,20+,21+,23+/m1/s1. The summed E-state index contributed by atoms with van der Waals surface area (Å²) in [5.41, 5.74) is 4.21. The van der Waals surface area contributed by atoms with Gasteiger partial charge in [0.1, 0.15) is 30.2 Å². The molecule has 0 spiro atoms. The van der Waals surface area contributed by atoms with E-state index in [1.165, 1.54) is 0 Å². The largest absolute Gasteiger partial charge is 0.481 e. The van der Waals surface area contributed by atoms with Gasteiger partial charge in [-0.25, -0.2) is 4.79 Å². The van der Waals surface area contributed by atoms with Crippen LogP contribution in [0.4, 0.5) is 0 Å². The Bertz CT molecular complexity index is 920. The van der Waals surface area contributed by atoms with Crippen molar-refractivity contribution in [3.63, 3.8) is 0 Å². The third-order valence-electron chi connectivity index (χ3n) is 5.32. The van der Waals surface area contributed by atoms with E-state index in [1.807, 2.05) is 50.2 Å². The van der Waals surface area contributed by atoms with Crippen LogP contribution in [-0.2, 0) is 20.9 Å². The fourth-order valence-electron chi connectivity index (χ4n) is 3.70. The average Bonchev–Trinajstić information content (AvgIpc) is 2.76. The van der Waals surface area contributed by atoms with Crippen molar-refractivity contribution in [1.82, 2.24) is 0 Å². The quantitative estimate of drug-likeness (QED) is 0.395. The molecule has 9 heteroatoms. The maximum Gasteiger partial charge on any atom is 0.341 e. The van der Waals surface area contributed by atoms with Gasteiger partial charge < -0.3 is 39.7 Å². The number of ether oxygens (including phenoxy) is 3. The van der Waals surface area contributed by atoms with Gasteiger partial charge in [0.15, 0.2) is 12.9 Å². The molecule has 0 bridgehead atoms. The third kappa shape index (κ3) is 5.44. The lowest BCUT2D eigenvalue weighted by molar-refractivity contribution is -0.304. The number of aliphatic hydroxyl groups excluding tert-OH is 4. The second-order valence-electron chi connectivity index (χ2n) is 7.83. The lowest BCUT2D eigenvalue weighted by atomic mass is 9.98. The molecule has 2 aromatic carbocycles. The number of hydrogen-bond donors (Lipinski definition) is 5. The minimum atomic E-state index is -1.50. The van der Waals surface area contributed by atoms with Crippen molar-refractivity contribution in [1.29, 1.82) is 0 Å². The monoisotopic (exact) mass is 448 g/mol. The Morgan fingerprint density at radius 1 is 1.00 bits per heavy atom. The summed E-state index contributed by atoms with van der Waals surface area (Å²) < 4.78 is 16.4. The summed E-state index contributed by atoms with van der Waals surface area (Å²) >= 11 is 0. The first kappa shape index (κ1) is 24.1. The van der Waals surface area contributed by atoms with Crippen LogP contribution in [0.2, 0.25) is 0 Å². The van der Waals surface area contributed by atoms with E-state index in [1.54, 1.807) is 0 Å². The molecule has 1 heterocycles. The van der Waals surface area contributed by atoms with Gasteiger partial charge in [0.2, 0.25) is 0 Å². The van der Waals surface area contributed by atoms with Crippen molar-refractivity contribution in [2.75, 3.05) is 13.2 Å². The number of aryl methyl sites for hydroxylation is 2. The highest BCUT2D eigenvalue weighted by molar-refractivity contribution is 5.70. The Kier molecular flexibility index (Phi) is 7.83. The van der Waals surface area contributed by atoms with E-state index in [9.17, 15) is 25.2 Å². The van der Waals surface area contributed by atoms with Crippen molar-refractivity contribution in [3.05, 3.63) is 53.1 Å². The number of carboxylic acid groups (broad SMARTS) is 1. The van der Waals surface area contributed by atoms with E-state index in [0.29, 0.717) is 5.75 Å². The van der Waals surface area contributed by atoms with Crippen molar-refractivity contribution >= 4 is 5.97 Å². The fourth-order valence-corrected chi connectivity index (χ4v) is 3.70. The van der Waals surface area contributed by atoms with E-state index in [-0.39, 0.29) is 6.61 Å². The Hall–Kier alpha value is -2.53. The van der Waals surface area contributed by atoms with Crippen molar-refractivity contribution in [2.24, 2.45) is 0 Å². The number of carbonyl (C=O) groups is 1. The fraction of sp³-hybridized carbons (Fsp3) is 0.435. The van der Waals surface area contributed by atoms with Crippen molar-refractivity contribution in [2.45, 2.75) is 51.2 Å². The smallest absolute Gasteiger partial charge is 0.341 e. The Morgan fingerprint density at radius 2 is 1.69 bits per heavy atom. The maximum absolute atomic E-state index is 10.8. The predicted octanol–water partition coefficient (Wildman–Crippen LogP) is 0.750. The molecule has 174 valence electrons. The van der Waals surface area contributed by atoms with Crippen LogP contribution in [0.5, 0.6) is 5.75 Å². The molecular formula is C23H28O9. The Morgan fingerprint density at radius 3 is 2.31 bits per heavy atom. The molecule has 0 aromatic heterocycles. The summed E-state index contributed by atoms with van der Waals surface area (Å²) in [4.78, 5) is 10.8. The van der Waals surface area contributed by atoms with Crippen molar-refractivity contribution in [3.8, 4) is 16.9 Å². The molecule has 1 saturated heterocycles. The van der Waals surface area contributed by atoms with Gasteiger partial charge in [-0.05, 0) is 59.9 Å². The third-order valence-corrected chi connectivity index (χ3v) is 5.32. The average molecular weight is 448 g/mol. The molecule has 5 N–H and O–H groups in total. The van der Waals surface area contributed by atoms with Crippen LogP contribution < -0.4 is 4.74 Å². The van der Waals surface area contributed by atoms with E-state index >= 15 is 0 Å². The van der Waals surface area contributed by atoms with Gasteiger partial charge in [-0.2, -0.15) is 0 Å². The maximum atomic E-state index is 10.8. The highest BCUT2D eigenvalue weighted by Gasteiger charge is 2.43. The molecule has 0 amide bonds. The first-order valence-corrected chi connectivity index (χ1v) is 10.2. The van der Waals surface area contributed by atoms with Gasteiger partial charge in [-0.3, -0.25) is 0 Å². The Balaban J connectivity index is 1.72. The van der Waals surface area contributed by atoms with Gasteiger partial charge in [0, 0.05) is 0 Å². The van der Waals surface area contributed by atoms with E-state index in [2.05, 4.69) is 0 Å². The number of rotatable bonds is 8. The molecule has 1 aliphatic heterocycles. The van der Waals surface area contributed by atoms with Gasteiger partial charge in [-0.1, -0.05) is 18.2 Å². The van der Waals surface area contributed by atoms with Crippen LogP contribution in [0.3, 0.4) is 0 Å². The predicted molar refractivity (Wildman–Crippen MR) is 113 cm³/mol. The lowest BCUT2D eigenvalue weighted by Crippen LogP contribution is -2.59. The molecule has 2 aromatic rings. The van der Waals surface area contributed by atoms with Gasteiger partial charge in [0.05, 0.1) is 13.2 Å². The molecule has 1 aliphatic rings. The summed E-state index contributed by atoms with van der Waals surface area (Å²) in [6.07, 6.45) is -6.63. The molecule has 1 fully saturated rings. The summed E-state index contributed by atoms with van der Waals surface area (Å²) in [7, 11) is 0. The molecule has 9 nitrogen and oxygen atoms in total. The molecule has 5 atom stereocenters. The first-order valence-electron chi connectivity index (χ1n) is 10.2. The van der Waals surface area contributed by atoms with Gasteiger partial charge >= 0.3 is 5.97 Å². The number of benzene rings is 2. The van der Waals surface area contributed by atoms with E-state index < -0.39 is 49.9 Å². The number of carboxylic acids is 1. The molecule has 0 unspecified atom stereocenters. The second-order valence-corrected chi connectivity index (χ2v) is 7.83. The molecule has 0 saturated carbocycles. The molecule has 0 radical (unpaired) electrons. The number of hydrogen-bond acceptors (Lipinski definition) is 8. The molecular weight excluding hydrogens is 420 g/mol. The van der Waals surface area contributed by atoms with Crippen LogP contribution in [0.15, 0.2) is 36.4 Å². The van der Waals surface area contributed by atoms with Crippen LogP contribution in [0.1, 0.15) is 16.7 Å². The van der Waals surface area contributed by atoms with Crippen LogP contribution in [0, 0.1) is 13.8 Å². The molecule has 32 heavy (non-hydrogen) atoms. The minimum Gasteiger partial charge on any atom is -0.481 e. The van der Waals surface area contributed by atoms with Crippen molar-refractivity contribution < 1.29 is 44.5 Å². The van der Waals surface area contributed by atoms with E-state index in [4.69, 9.17) is 19.3 Å². The lowest BCUT2D eigenvalue weighted by Gasteiger charge is -2.39. The first-order chi connectivity index (χ1) is 15.2. The number of aliphatic carboxylic acids is 1. The highest BCUT2D eigenvalue weighted by atomic mass is 16.7. The van der Waals surface area contributed by atoms with Gasteiger partial charge in [-0.15, -0.1) is 0 Å². The topological polar surface area (TPSA) is 146 Å². The van der Waals surface area contributed by atoms with Crippen LogP contribution in [0.25, 0.3) is 11.1 Å². The Labute approximate surface area is 185 Å². The zero-order valence-corrected chi connectivity index (χ0v) is 17.8. The summed E-state index contributed by atoms with van der Waals surface area (Å²) in [5, 5.41) is 48.0.